The molecule has 5 heteroatoms. The van der Waals surface area contributed by atoms with Crippen LogP contribution in [0.3, 0.4) is 0 Å². The van der Waals surface area contributed by atoms with E-state index in [1.165, 1.54) is 11.1 Å². The van der Waals surface area contributed by atoms with Crippen LogP contribution in [0.25, 0.3) is 0 Å². The molecule has 1 N–H and O–H groups in total. The predicted molar refractivity (Wildman–Crippen MR) is 124 cm³/mol. The van der Waals surface area contributed by atoms with Crippen LogP contribution in [-0.4, -0.2) is 49.0 Å². The number of carbonyl (C=O) groups excluding carboxylic acids is 1. The minimum atomic E-state index is -0.138. The summed E-state index contributed by atoms with van der Waals surface area (Å²) in [6, 6.07) is 26.0. The van der Waals surface area contributed by atoms with Crippen LogP contribution < -0.4 is 10.1 Å². The van der Waals surface area contributed by atoms with Crippen molar-refractivity contribution in [3.8, 4) is 5.75 Å². The van der Waals surface area contributed by atoms with Gasteiger partial charge in [-0.15, -0.1) is 0 Å². The van der Waals surface area contributed by atoms with Crippen molar-refractivity contribution in [3.63, 3.8) is 0 Å². The Bertz CT molecular complexity index is 981. The van der Waals surface area contributed by atoms with E-state index in [4.69, 9.17) is 4.74 Å². The van der Waals surface area contributed by atoms with Crippen LogP contribution in [-0.2, 0) is 13.1 Å². The highest BCUT2D eigenvalue weighted by molar-refractivity contribution is 6.04. The summed E-state index contributed by atoms with van der Waals surface area (Å²) in [6.45, 7) is 6.27. The van der Waals surface area contributed by atoms with Crippen molar-refractivity contribution in [2.24, 2.45) is 0 Å². The van der Waals surface area contributed by atoms with Crippen molar-refractivity contribution < 1.29 is 9.53 Å². The Kier molecular flexibility index (Phi) is 6.97. The molecule has 31 heavy (non-hydrogen) atoms. The van der Waals surface area contributed by atoms with Crippen LogP contribution in [0.5, 0.6) is 5.75 Å². The second kappa shape index (κ2) is 10.2. The lowest BCUT2D eigenvalue weighted by atomic mass is 10.1. The molecular weight excluding hydrogens is 386 g/mol. The van der Waals surface area contributed by atoms with Gasteiger partial charge in [0.1, 0.15) is 5.75 Å². The van der Waals surface area contributed by atoms with E-state index in [1.807, 2.05) is 24.3 Å². The van der Waals surface area contributed by atoms with Crippen LogP contribution in [0, 0.1) is 0 Å². The van der Waals surface area contributed by atoms with Gasteiger partial charge in [-0.1, -0.05) is 48.5 Å². The molecule has 3 aromatic carbocycles. The molecule has 0 spiro atoms. The third-order valence-electron chi connectivity index (χ3n) is 5.66. The lowest BCUT2D eigenvalue weighted by Crippen LogP contribution is -2.45. The number of methoxy groups -OCH3 is 1. The zero-order valence-electron chi connectivity index (χ0n) is 18.0. The van der Waals surface area contributed by atoms with Crippen LogP contribution in [0.1, 0.15) is 21.5 Å². The number of nitrogens with one attached hydrogen (secondary N) is 1. The molecule has 4 rings (SSSR count). The quantitative estimate of drug-likeness (QED) is 0.626. The number of hydrogen-bond acceptors (Lipinski definition) is 4. The normalized spacial score (nSPS) is 14.9. The first-order valence-corrected chi connectivity index (χ1v) is 10.7. The number of nitrogens with zero attached hydrogens (tertiary/aromatic N) is 2. The van der Waals surface area contributed by atoms with E-state index in [-0.39, 0.29) is 5.91 Å². The largest absolute Gasteiger partial charge is 0.497 e. The summed E-state index contributed by atoms with van der Waals surface area (Å²) in [6.07, 6.45) is 0. The lowest BCUT2D eigenvalue weighted by Gasteiger charge is -2.34. The Morgan fingerprint density at radius 3 is 2.03 bits per heavy atom. The molecule has 0 radical (unpaired) electrons. The maximum absolute atomic E-state index is 12.5. The molecule has 1 saturated heterocycles. The highest BCUT2D eigenvalue weighted by atomic mass is 16.5. The summed E-state index contributed by atoms with van der Waals surface area (Å²) in [7, 11) is 1.60. The Hall–Kier alpha value is -3.15. The molecule has 1 aliphatic heterocycles. The number of benzene rings is 3. The Labute approximate surface area is 184 Å². The smallest absolute Gasteiger partial charge is 0.255 e. The molecule has 1 aliphatic rings. The number of amides is 1. The fraction of sp³-hybridized carbons (Fsp3) is 0.269. The molecule has 1 fully saturated rings. The molecule has 3 aromatic rings. The highest BCUT2D eigenvalue weighted by Gasteiger charge is 2.17. The average molecular weight is 416 g/mol. The van der Waals surface area contributed by atoms with Crippen LogP contribution in [0.4, 0.5) is 5.69 Å². The SMILES string of the molecule is COc1cccc(C(=O)Nc2ccc(CN3CCN(Cc4ccccc4)CC3)cc2)c1. The maximum atomic E-state index is 12.5. The fourth-order valence-electron chi connectivity index (χ4n) is 3.87. The second-order valence-electron chi connectivity index (χ2n) is 7.92. The first kappa shape index (κ1) is 21.1. The fourth-order valence-corrected chi connectivity index (χ4v) is 3.87. The zero-order valence-corrected chi connectivity index (χ0v) is 18.0. The van der Waals surface area contributed by atoms with Crippen molar-refractivity contribution in [2.45, 2.75) is 13.1 Å². The van der Waals surface area contributed by atoms with Gasteiger partial charge >= 0.3 is 0 Å². The van der Waals surface area contributed by atoms with Crippen molar-refractivity contribution in [1.82, 2.24) is 9.80 Å². The van der Waals surface area contributed by atoms with Gasteiger partial charge in [-0.25, -0.2) is 0 Å². The summed E-state index contributed by atoms with van der Waals surface area (Å²) in [5, 5.41) is 2.95. The van der Waals surface area contributed by atoms with E-state index < -0.39 is 0 Å². The monoisotopic (exact) mass is 415 g/mol. The summed E-state index contributed by atoms with van der Waals surface area (Å²) in [4.78, 5) is 17.5. The van der Waals surface area contributed by atoms with E-state index in [2.05, 4.69) is 57.6 Å². The number of anilines is 1. The molecule has 0 aliphatic carbocycles. The van der Waals surface area contributed by atoms with Gasteiger partial charge in [0.05, 0.1) is 7.11 Å². The van der Waals surface area contributed by atoms with E-state index in [1.54, 1.807) is 19.2 Å². The molecule has 0 bridgehead atoms. The van der Waals surface area contributed by atoms with Gasteiger partial charge in [0.15, 0.2) is 0 Å². The summed E-state index contributed by atoms with van der Waals surface area (Å²) in [5.41, 5.74) is 4.01. The topological polar surface area (TPSA) is 44.8 Å². The zero-order chi connectivity index (χ0) is 21.5. The summed E-state index contributed by atoms with van der Waals surface area (Å²) < 4.78 is 5.19. The van der Waals surface area contributed by atoms with Crippen LogP contribution >= 0.6 is 0 Å². The van der Waals surface area contributed by atoms with Crippen LogP contribution in [0.2, 0.25) is 0 Å². The van der Waals surface area contributed by atoms with Gasteiger partial charge in [0.25, 0.3) is 5.91 Å². The average Bonchev–Trinajstić information content (AvgIpc) is 2.82. The van der Waals surface area contributed by atoms with Gasteiger partial charge in [-0.3, -0.25) is 14.6 Å². The maximum Gasteiger partial charge on any atom is 0.255 e. The van der Waals surface area contributed by atoms with E-state index >= 15 is 0 Å². The first-order chi connectivity index (χ1) is 15.2. The third-order valence-corrected chi connectivity index (χ3v) is 5.66. The van der Waals surface area contributed by atoms with Gasteiger partial charge in [0, 0.05) is 50.5 Å². The molecule has 160 valence electrons. The van der Waals surface area contributed by atoms with Crippen molar-refractivity contribution in [2.75, 3.05) is 38.6 Å². The minimum absolute atomic E-state index is 0.138. The number of ether oxygens (including phenoxy) is 1. The number of hydrogen-bond donors (Lipinski definition) is 1. The van der Waals surface area contributed by atoms with Crippen molar-refractivity contribution in [1.29, 1.82) is 0 Å². The number of piperazine rings is 1. The summed E-state index contributed by atoms with van der Waals surface area (Å²) in [5.74, 6) is 0.535. The molecule has 5 nitrogen and oxygen atoms in total. The van der Waals surface area contributed by atoms with Crippen molar-refractivity contribution in [3.05, 3.63) is 95.6 Å². The van der Waals surface area contributed by atoms with E-state index in [0.717, 1.165) is 45.0 Å². The van der Waals surface area contributed by atoms with Gasteiger partial charge in [-0.05, 0) is 41.5 Å². The van der Waals surface area contributed by atoms with Gasteiger partial charge < -0.3 is 10.1 Å². The van der Waals surface area contributed by atoms with Gasteiger partial charge in [0.2, 0.25) is 0 Å². The van der Waals surface area contributed by atoms with Gasteiger partial charge in [-0.2, -0.15) is 0 Å². The Balaban J connectivity index is 1.25. The highest BCUT2D eigenvalue weighted by Crippen LogP contribution is 2.17. The van der Waals surface area contributed by atoms with Crippen LogP contribution in [0.15, 0.2) is 78.9 Å². The molecule has 0 unspecified atom stereocenters. The van der Waals surface area contributed by atoms with Crippen molar-refractivity contribution >= 4 is 11.6 Å². The molecule has 0 atom stereocenters. The Morgan fingerprint density at radius 1 is 0.806 bits per heavy atom. The lowest BCUT2D eigenvalue weighted by molar-refractivity contribution is 0.102. The first-order valence-electron chi connectivity index (χ1n) is 10.7. The Morgan fingerprint density at radius 2 is 1.42 bits per heavy atom. The molecule has 1 heterocycles. The number of rotatable bonds is 7. The molecule has 0 saturated carbocycles. The third kappa shape index (κ3) is 5.94. The van der Waals surface area contributed by atoms with E-state index in [9.17, 15) is 4.79 Å². The van der Waals surface area contributed by atoms with E-state index in [0.29, 0.717) is 11.3 Å². The number of carbonyl (C=O) groups is 1. The second-order valence-corrected chi connectivity index (χ2v) is 7.92. The molecular formula is C26H29N3O2. The minimum Gasteiger partial charge on any atom is -0.497 e. The predicted octanol–water partition coefficient (Wildman–Crippen LogP) is 4.27. The molecule has 0 aromatic heterocycles. The summed E-state index contributed by atoms with van der Waals surface area (Å²) >= 11 is 0. The molecule has 1 amide bonds. The standard InChI is InChI=1S/C26H29N3O2/c1-31-25-9-5-8-23(18-25)26(30)27-24-12-10-22(11-13-24)20-29-16-14-28(15-17-29)19-21-6-3-2-4-7-21/h2-13,18H,14-17,19-20H2,1H3,(H,27,30).